The first kappa shape index (κ1) is 21.2. The summed E-state index contributed by atoms with van der Waals surface area (Å²) in [5, 5.41) is 12.1. The average molecular weight is 412 g/mol. The first-order valence-electron chi connectivity index (χ1n) is 8.14. The van der Waals surface area contributed by atoms with Crippen LogP contribution >= 0.6 is 15.9 Å². The molecule has 25 heavy (non-hydrogen) atoms. The van der Waals surface area contributed by atoms with Gasteiger partial charge in [0.15, 0.2) is 0 Å². The molecule has 0 fully saturated rings. The van der Waals surface area contributed by atoms with E-state index < -0.39 is 17.2 Å². The molecule has 0 unspecified atom stereocenters. The number of nitrogens with zero attached hydrogens (tertiary/aromatic N) is 2. The van der Waals surface area contributed by atoms with Crippen molar-refractivity contribution in [2.45, 2.75) is 59.1 Å². The van der Waals surface area contributed by atoms with Crippen molar-refractivity contribution < 1.29 is 14.3 Å². The SMILES string of the molecule is CC(C)C[C@@](C)(COc1ncc(Br)cc1C#N)NC(=O)OC(C)(C)C. The molecule has 1 aromatic rings. The quantitative estimate of drug-likeness (QED) is 0.748. The maximum absolute atomic E-state index is 12.2. The zero-order chi connectivity index (χ0) is 19.3. The number of ether oxygens (including phenoxy) is 2. The maximum Gasteiger partial charge on any atom is 0.408 e. The van der Waals surface area contributed by atoms with Gasteiger partial charge >= 0.3 is 6.09 Å². The van der Waals surface area contributed by atoms with Gasteiger partial charge in [0.05, 0.1) is 5.54 Å². The van der Waals surface area contributed by atoms with Gasteiger partial charge in [0, 0.05) is 10.7 Å². The van der Waals surface area contributed by atoms with Crippen molar-refractivity contribution in [1.29, 1.82) is 5.26 Å². The van der Waals surface area contributed by atoms with Crippen LogP contribution in [0.4, 0.5) is 4.79 Å². The average Bonchev–Trinajstić information content (AvgIpc) is 2.42. The third-order valence-electron chi connectivity index (χ3n) is 3.13. The van der Waals surface area contributed by atoms with Gasteiger partial charge in [-0.1, -0.05) is 13.8 Å². The third-order valence-corrected chi connectivity index (χ3v) is 3.56. The van der Waals surface area contributed by atoms with Crippen molar-refractivity contribution in [2.75, 3.05) is 6.61 Å². The molecule has 1 heterocycles. The molecule has 1 rings (SSSR count). The lowest BCUT2D eigenvalue weighted by atomic mass is 9.91. The number of nitriles is 1. The van der Waals surface area contributed by atoms with Crippen LogP contribution in [0.25, 0.3) is 0 Å². The van der Waals surface area contributed by atoms with Crippen molar-refractivity contribution in [3.8, 4) is 11.9 Å². The molecule has 0 saturated heterocycles. The Morgan fingerprint density at radius 2 is 2.04 bits per heavy atom. The molecule has 0 aliphatic carbocycles. The van der Waals surface area contributed by atoms with Gasteiger partial charge in [-0.15, -0.1) is 0 Å². The molecule has 0 saturated carbocycles. The van der Waals surface area contributed by atoms with Gasteiger partial charge in [-0.3, -0.25) is 0 Å². The number of rotatable bonds is 6. The molecular formula is C18H26BrN3O3. The van der Waals surface area contributed by atoms with E-state index in [0.717, 1.165) is 0 Å². The highest BCUT2D eigenvalue weighted by atomic mass is 79.9. The minimum atomic E-state index is -0.655. The summed E-state index contributed by atoms with van der Waals surface area (Å²) in [7, 11) is 0. The van der Waals surface area contributed by atoms with Crippen molar-refractivity contribution >= 4 is 22.0 Å². The Hall–Kier alpha value is -1.81. The summed E-state index contributed by atoms with van der Waals surface area (Å²) in [6.45, 7) is 11.6. The van der Waals surface area contributed by atoms with Crippen LogP contribution in [0.15, 0.2) is 16.7 Å². The van der Waals surface area contributed by atoms with Gasteiger partial charge in [0.25, 0.3) is 0 Å². The first-order chi connectivity index (χ1) is 11.4. The number of pyridine rings is 1. The third kappa shape index (κ3) is 7.74. The van der Waals surface area contributed by atoms with E-state index in [0.29, 0.717) is 22.4 Å². The first-order valence-corrected chi connectivity index (χ1v) is 8.93. The number of hydrogen-bond acceptors (Lipinski definition) is 5. The topological polar surface area (TPSA) is 84.2 Å². The van der Waals surface area contributed by atoms with E-state index in [1.807, 2.05) is 27.7 Å². The predicted octanol–water partition coefficient (Wildman–Crippen LogP) is 4.42. The standard InChI is InChI=1S/C18H26BrN3O3/c1-12(2)8-18(6,22-16(23)25-17(3,4)5)11-24-15-13(9-20)7-14(19)10-21-15/h7,10,12H,8,11H2,1-6H3,(H,22,23)/t18-/m0/s1. The lowest BCUT2D eigenvalue weighted by molar-refractivity contribution is 0.0405. The number of carbonyl (C=O) groups is 1. The molecule has 6 nitrogen and oxygen atoms in total. The van der Waals surface area contributed by atoms with Gasteiger partial charge in [-0.2, -0.15) is 5.26 Å². The fraction of sp³-hybridized carbons (Fsp3) is 0.611. The van der Waals surface area contributed by atoms with Crippen LogP contribution in [-0.4, -0.2) is 28.8 Å². The van der Waals surface area contributed by atoms with Crippen LogP contribution in [0.5, 0.6) is 5.88 Å². The molecule has 0 aromatic carbocycles. The van der Waals surface area contributed by atoms with Gasteiger partial charge in [-0.05, 0) is 62.0 Å². The molecule has 7 heteroatoms. The zero-order valence-electron chi connectivity index (χ0n) is 15.6. The van der Waals surface area contributed by atoms with Crippen LogP contribution < -0.4 is 10.1 Å². The number of hydrogen-bond donors (Lipinski definition) is 1. The second-order valence-corrected chi connectivity index (χ2v) is 8.61. The van der Waals surface area contributed by atoms with Gasteiger partial charge in [-0.25, -0.2) is 9.78 Å². The molecule has 0 spiro atoms. The molecular weight excluding hydrogens is 386 g/mol. The summed E-state index contributed by atoms with van der Waals surface area (Å²) in [5.41, 5.74) is -0.901. The summed E-state index contributed by atoms with van der Waals surface area (Å²) in [6.07, 6.45) is 1.76. The van der Waals surface area contributed by atoms with Crippen LogP contribution in [0.3, 0.4) is 0 Å². The number of nitrogens with one attached hydrogen (secondary N) is 1. The normalized spacial score (nSPS) is 13.7. The van der Waals surface area contributed by atoms with Crippen LogP contribution in [0, 0.1) is 17.2 Å². The Bertz CT molecular complexity index is 650. The van der Waals surface area contributed by atoms with Crippen molar-refractivity contribution in [2.24, 2.45) is 5.92 Å². The molecule has 1 aromatic heterocycles. The molecule has 0 bridgehead atoms. The number of carbonyl (C=O) groups excluding carboxylic acids is 1. The smallest absolute Gasteiger partial charge is 0.408 e. The summed E-state index contributed by atoms with van der Waals surface area (Å²) in [6, 6.07) is 3.70. The highest BCUT2D eigenvalue weighted by Gasteiger charge is 2.31. The number of amides is 1. The Morgan fingerprint density at radius 1 is 1.40 bits per heavy atom. The van der Waals surface area contributed by atoms with Crippen LogP contribution in [0.2, 0.25) is 0 Å². The van der Waals surface area contributed by atoms with Crippen LogP contribution in [-0.2, 0) is 4.74 Å². The molecule has 0 aliphatic heterocycles. The molecule has 0 aliphatic rings. The molecule has 1 N–H and O–H groups in total. The van der Waals surface area contributed by atoms with E-state index in [4.69, 9.17) is 9.47 Å². The van der Waals surface area contributed by atoms with Gasteiger partial charge in [0.1, 0.15) is 23.8 Å². The second kappa shape index (κ2) is 8.52. The Labute approximate surface area is 158 Å². The highest BCUT2D eigenvalue weighted by molar-refractivity contribution is 9.10. The number of halogens is 1. The molecule has 1 amide bonds. The number of alkyl carbamates (subject to hydrolysis) is 1. The van der Waals surface area contributed by atoms with E-state index >= 15 is 0 Å². The van der Waals surface area contributed by atoms with Gasteiger partial charge < -0.3 is 14.8 Å². The molecule has 1 atom stereocenters. The van der Waals surface area contributed by atoms with Crippen molar-refractivity contribution in [1.82, 2.24) is 10.3 Å². The Balaban J connectivity index is 2.89. The summed E-state index contributed by atoms with van der Waals surface area (Å²) in [5.74, 6) is 0.573. The molecule has 0 radical (unpaired) electrons. The number of aromatic nitrogens is 1. The summed E-state index contributed by atoms with van der Waals surface area (Å²) < 4.78 is 11.8. The predicted molar refractivity (Wildman–Crippen MR) is 99.4 cm³/mol. The zero-order valence-corrected chi connectivity index (χ0v) is 17.2. The van der Waals surface area contributed by atoms with E-state index in [2.05, 4.69) is 46.1 Å². The van der Waals surface area contributed by atoms with Gasteiger partial charge in [0.2, 0.25) is 5.88 Å². The van der Waals surface area contributed by atoms with Crippen molar-refractivity contribution in [3.63, 3.8) is 0 Å². The highest BCUT2D eigenvalue weighted by Crippen LogP contribution is 2.23. The fourth-order valence-corrected chi connectivity index (χ4v) is 2.78. The van der Waals surface area contributed by atoms with E-state index in [9.17, 15) is 10.1 Å². The largest absolute Gasteiger partial charge is 0.474 e. The summed E-state index contributed by atoms with van der Waals surface area (Å²) in [4.78, 5) is 16.3. The monoisotopic (exact) mass is 411 g/mol. The fourth-order valence-electron chi connectivity index (χ4n) is 2.45. The second-order valence-electron chi connectivity index (χ2n) is 7.69. The minimum absolute atomic E-state index is 0.174. The Morgan fingerprint density at radius 3 is 2.56 bits per heavy atom. The van der Waals surface area contributed by atoms with E-state index in [1.165, 1.54) is 0 Å². The maximum atomic E-state index is 12.2. The lowest BCUT2D eigenvalue weighted by Gasteiger charge is -2.33. The van der Waals surface area contributed by atoms with Crippen molar-refractivity contribution in [3.05, 3.63) is 22.3 Å². The Kier molecular flexibility index (Phi) is 7.24. The van der Waals surface area contributed by atoms with E-state index in [-0.39, 0.29) is 12.5 Å². The van der Waals surface area contributed by atoms with E-state index in [1.54, 1.807) is 12.3 Å². The lowest BCUT2D eigenvalue weighted by Crippen LogP contribution is -2.52. The summed E-state index contributed by atoms with van der Waals surface area (Å²) >= 11 is 3.28. The minimum Gasteiger partial charge on any atom is -0.474 e. The molecule has 138 valence electrons. The van der Waals surface area contributed by atoms with Crippen LogP contribution in [0.1, 0.15) is 53.5 Å².